The van der Waals surface area contributed by atoms with Gasteiger partial charge < -0.3 is 24.2 Å². The molecule has 0 aromatic heterocycles. The third-order valence-electron chi connectivity index (χ3n) is 8.90. The maximum absolute atomic E-state index is 13.1. The van der Waals surface area contributed by atoms with E-state index in [2.05, 4.69) is 31.2 Å². The van der Waals surface area contributed by atoms with E-state index in [4.69, 9.17) is 14.2 Å². The second-order valence-corrected chi connectivity index (χ2v) is 11.5. The van der Waals surface area contributed by atoms with E-state index in [1.165, 1.54) is 6.92 Å². The molecule has 2 fully saturated rings. The number of hydrogen-bond donors (Lipinski definition) is 1. The van der Waals surface area contributed by atoms with Crippen LogP contribution in [0.5, 0.6) is 11.5 Å². The van der Waals surface area contributed by atoms with Crippen molar-refractivity contribution in [2.24, 2.45) is 23.7 Å². The Kier molecular flexibility index (Phi) is 7.74. The highest BCUT2D eigenvalue weighted by atomic mass is 16.6. The minimum atomic E-state index is -1.11. The van der Waals surface area contributed by atoms with Crippen LogP contribution in [0.3, 0.4) is 0 Å². The quantitative estimate of drug-likeness (QED) is 0.468. The van der Waals surface area contributed by atoms with Crippen LogP contribution in [-0.4, -0.2) is 83.9 Å². The third-order valence-corrected chi connectivity index (χ3v) is 8.90. The number of carbonyl (C=O) groups is 2. The summed E-state index contributed by atoms with van der Waals surface area (Å²) in [5.41, 5.74) is -0.173. The average molecular weight is 525 g/mol. The van der Waals surface area contributed by atoms with Crippen LogP contribution in [0.25, 0.3) is 0 Å². The summed E-state index contributed by atoms with van der Waals surface area (Å²) in [6.07, 6.45) is 6.14. The second-order valence-electron chi connectivity index (χ2n) is 11.5. The number of para-hydroxylation sites is 2. The summed E-state index contributed by atoms with van der Waals surface area (Å²) in [6, 6.07) is 7.45. The fraction of sp³-hybridized carbons (Fsp3) is 0.633. The van der Waals surface area contributed by atoms with Crippen LogP contribution in [0.1, 0.15) is 40.5 Å². The number of piperazine rings is 1. The lowest BCUT2D eigenvalue weighted by Crippen LogP contribution is -2.57. The summed E-state index contributed by atoms with van der Waals surface area (Å²) in [7, 11) is 0. The molecule has 1 aromatic carbocycles. The van der Waals surface area contributed by atoms with E-state index < -0.39 is 17.8 Å². The van der Waals surface area contributed by atoms with Gasteiger partial charge in [0.2, 0.25) is 6.10 Å². The van der Waals surface area contributed by atoms with Crippen molar-refractivity contribution in [3.8, 4) is 11.5 Å². The van der Waals surface area contributed by atoms with Gasteiger partial charge in [0.15, 0.2) is 11.5 Å². The van der Waals surface area contributed by atoms with Crippen molar-refractivity contribution in [1.29, 1.82) is 0 Å². The fourth-order valence-corrected chi connectivity index (χ4v) is 6.65. The number of amides is 1. The number of aliphatic hydroxyl groups is 1. The molecule has 1 aromatic rings. The summed E-state index contributed by atoms with van der Waals surface area (Å²) in [6.45, 7) is 11.8. The number of carbonyl (C=O) groups excluding carboxylic acids is 2. The molecule has 2 radical (unpaired) electrons. The van der Waals surface area contributed by atoms with Crippen molar-refractivity contribution >= 4 is 11.9 Å². The van der Waals surface area contributed by atoms with Gasteiger partial charge in [0.25, 0.3) is 5.91 Å². The normalized spacial score (nSPS) is 34.1. The molecule has 0 spiro atoms. The molecule has 0 bridgehead atoms. The zero-order valence-electron chi connectivity index (χ0n) is 22.9. The topological polar surface area (TPSA) is 88.5 Å². The lowest BCUT2D eigenvalue weighted by atomic mass is 9.57. The lowest BCUT2D eigenvalue weighted by Gasteiger charge is -2.53. The maximum Gasteiger partial charge on any atom is 0.303 e. The number of esters is 1. The average Bonchev–Trinajstić information content (AvgIpc) is 2.90. The number of ether oxygens (including phenoxy) is 3. The van der Waals surface area contributed by atoms with Gasteiger partial charge in [-0.25, -0.2) is 0 Å². The Morgan fingerprint density at radius 3 is 2.61 bits per heavy atom. The highest BCUT2D eigenvalue weighted by molar-refractivity contribution is 5.82. The standard InChI is InChI=1S/C30H40N2O6/c1-19-15-24-23(10-9-21(3)30(24,35)16-27(19)37-22(4)33)20(2)17-31-11-13-32(14-12-31)29(34)28-18-36-25-7-5-6-8-26(25)38-28/h5-8,15,20-21,23-24,27-28,35H,9-14,17-18H2,1-4H3/t20-,21-,23+,24-,27-,28?,30-/m1/s1. The number of nitrogens with zero attached hydrogens (tertiary/aromatic N) is 2. The zero-order chi connectivity index (χ0) is 27.0. The Labute approximate surface area is 225 Å². The van der Waals surface area contributed by atoms with Gasteiger partial charge in [-0.05, 0) is 55.2 Å². The molecule has 5 rings (SSSR count). The van der Waals surface area contributed by atoms with E-state index in [1.54, 1.807) is 0 Å². The molecule has 1 saturated heterocycles. The van der Waals surface area contributed by atoms with Crippen LogP contribution in [0.4, 0.5) is 0 Å². The highest BCUT2D eigenvalue weighted by Gasteiger charge is 2.53. The number of benzene rings is 1. The van der Waals surface area contributed by atoms with Crippen molar-refractivity contribution in [3.63, 3.8) is 0 Å². The molecule has 1 amide bonds. The molecule has 38 heavy (non-hydrogen) atoms. The predicted molar refractivity (Wildman–Crippen MR) is 141 cm³/mol. The first kappa shape index (κ1) is 27.0. The van der Waals surface area contributed by atoms with Gasteiger partial charge >= 0.3 is 5.97 Å². The predicted octanol–water partition coefficient (Wildman–Crippen LogP) is 2.97. The van der Waals surface area contributed by atoms with Crippen molar-refractivity contribution < 1.29 is 28.9 Å². The van der Waals surface area contributed by atoms with Crippen LogP contribution in [0.2, 0.25) is 0 Å². The SMILES string of the molecule is CC(=O)O[C@@H]1[C][C@@]2(O)[C@H](C)CC[C@@H]([C@H](C)CN3CCN(C(=O)C4COc5ccccc5O4)CC3)[C@H]2C=C1C. The zero-order valence-corrected chi connectivity index (χ0v) is 22.9. The van der Waals surface area contributed by atoms with Crippen molar-refractivity contribution in [2.45, 2.75) is 58.3 Å². The van der Waals surface area contributed by atoms with Gasteiger partial charge in [-0.15, -0.1) is 0 Å². The minimum absolute atomic E-state index is 0.0187. The molecule has 1 N–H and O–H groups in total. The molecule has 1 unspecified atom stereocenters. The Hall–Kier alpha value is -2.58. The van der Waals surface area contributed by atoms with E-state index in [-0.39, 0.29) is 30.3 Å². The van der Waals surface area contributed by atoms with Crippen LogP contribution in [-0.2, 0) is 14.3 Å². The van der Waals surface area contributed by atoms with E-state index in [9.17, 15) is 14.7 Å². The van der Waals surface area contributed by atoms with Gasteiger partial charge in [0, 0.05) is 45.6 Å². The molecule has 2 aliphatic carbocycles. The van der Waals surface area contributed by atoms with E-state index in [0.717, 1.165) is 38.0 Å². The van der Waals surface area contributed by atoms with Gasteiger partial charge in [-0.3, -0.25) is 14.5 Å². The summed E-state index contributed by atoms with van der Waals surface area (Å²) in [4.78, 5) is 29.0. The number of rotatable bonds is 5. The molecule has 7 atom stereocenters. The van der Waals surface area contributed by atoms with Gasteiger partial charge in [-0.1, -0.05) is 32.1 Å². The molecule has 8 heteroatoms. The van der Waals surface area contributed by atoms with Crippen LogP contribution < -0.4 is 9.47 Å². The van der Waals surface area contributed by atoms with Crippen molar-refractivity contribution in [1.82, 2.24) is 9.80 Å². The number of hydrogen-bond acceptors (Lipinski definition) is 7. The molecule has 2 aliphatic heterocycles. The molecule has 1 saturated carbocycles. The Morgan fingerprint density at radius 1 is 1.18 bits per heavy atom. The van der Waals surface area contributed by atoms with Gasteiger partial charge in [0.05, 0.1) is 12.0 Å². The van der Waals surface area contributed by atoms with Crippen molar-refractivity contribution in [2.75, 3.05) is 39.3 Å². The van der Waals surface area contributed by atoms with Gasteiger partial charge in [0.1, 0.15) is 12.7 Å². The molecule has 4 aliphatic rings. The maximum atomic E-state index is 13.1. The Morgan fingerprint density at radius 2 is 1.89 bits per heavy atom. The Bertz CT molecular complexity index is 1070. The summed E-state index contributed by atoms with van der Waals surface area (Å²) >= 11 is 0. The largest absolute Gasteiger partial charge is 0.485 e. The van der Waals surface area contributed by atoms with Crippen LogP contribution in [0.15, 0.2) is 35.9 Å². The molecular formula is C30H40N2O6. The monoisotopic (exact) mass is 524 g/mol. The fourth-order valence-electron chi connectivity index (χ4n) is 6.65. The van der Waals surface area contributed by atoms with E-state index in [1.807, 2.05) is 36.1 Å². The summed E-state index contributed by atoms with van der Waals surface area (Å²) < 4.78 is 17.1. The first-order chi connectivity index (χ1) is 18.2. The minimum Gasteiger partial charge on any atom is -0.485 e. The lowest BCUT2D eigenvalue weighted by molar-refractivity contribution is -0.148. The first-order valence-corrected chi connectivity index (χ1v) is 13.9. The third kappa shape index (κ3) is 5.30. The summed E-state index contributed by atoms with van der Waals surface area (Å²) in [5, 5.41) is 11.7. The second kappa shape index (κ2) is 10.9. The summed E-state index contributed by atoms with van der Waals surface area (Å²) in [5.74, 6) is 1.55. The van der Waals surface area contributed by atoms with Crippen molar-refractivity contribution in [3.05, 3.63) is 42.3 Å². The Balaban J connectivity index is 1.17. The van der Waals surface area contributed by atoms with Crippen LogP contribution >= 0.6 is 0 Å². The smallest absolute Gasteiger partial charge is 0.303 e. The van der Waals surface area contributed by atoms with E-state index >= 15 is 0 Å². The number of fused-ring (bicyclic) bond motifs is 2. The molecular weight excluding hydrogens is 484 g/mol. The highest BCUT2D eigenvalue weighted by Crippen LogP contribution is 2.51. The first-order valence-electron chi connectivity index (χ1n) is 13.9. The van der Waals surface area contributed by atoms with E-state index in [0.29, 0.717) is 36.4 Å². The molecule has 2 heterocycles. The molecule has 206 valence electrons. The van der Waals surface area contributed by atoms with Gasteiger partial charge in [-0.2, -0.15) is 0 Å². The van der Waals surface area contributed by atoms with Crippen LogP contribution in [0, 0.1) is 30.1 Å². The molecule has 8 nitrogen and oxygen atoms in total.